The van der Waals surface area contributed by atoms with Crippen LogP contribution < -0.4 is 33.2 Å². The molecule has 0 bridgehead atoms. The quantitative estimate of drug-likeness (QED) is 0.0989. The Bertz CT molecular complexity index is 1950. The summed E-state index contributed by atoms with van der Waals surface area (Å²) in [5.74, 6) is 4.72. The molecular weight excluding hydrogens is 632 g/mol. The number of fused-ring (bicyclic) bond motifs is 1. The summed E-state index contributed by atoms with van der Waals surface area (Å²) in [5, 5.41) is 5.22. The molecule has 248 valence electrons. The standard InChI is InChI=1S/C37H36N2O8S/c1-40-28-14-12-23(30-22-27(39-47-30)25-20-33(42-3)36(44-5)34(21-25)43-4)18-31(28)45-16-8-9-17-46-32-19-24(13-15-29(32)41-2)37-38-26-10-6-7-11-35(26)48-37/h6-7,10-15,18-22H,8-9,16-17H2,1-5H3. The topological polar surface area (TPSA) is 104 Å². The molecule has 48 heavy (non-hydrogen) atoms. The number of thiazole rings is 1. The molecule has 0 amide bonds. The first kappa shape index (κ1) is 32.5. The minimum atomic E-state index is 0.471. The SMILES string of the molecule is COc1ccc(-c2cc(-c3cc(OC)c(OC)c(OC)c3)no2)cc1OCCCCOc1cc(-c2nc3ccccc3s2)ccc1OC. The van der Waals surface area contributed by atoms with Gasteiger partial charge in [-0.3, -0.25) is 0 Å². The van der Waals surface area contributed by atoms with Crippen LogP contribution in [0.15, 0.2) is 83.4 Å². The zero-order chi connectivity index (χ0) is 33.5. The van der Waals surface area contributed by atoms with Crippen molar-refractivity contribution < 1.29 is 37.7 Å². The van der Waals surface area contributed by atoms with E-state index in [1.54, 1.807) is 46.9 Å². The normalized spacial score (nSPS) is 10.9. The van der Waals surface area contributed by atoms with Gasteiger partial charge in [0.15, 0.2) is 40.3 Å². The van der Waals surface area contributed by atoms with Crippen molar-refractivity contribution in [3.05, 3.63) is 78.9 Å². The van der Waals surface area contributed by atoms with E-state index < -0.39 is 0 Å². The molecule has 6 rings (SSSR count). The van der Waals surface area contributed by atoms with Crippen LogP contribution in [0.25, 0.3) is 43.4 Å². The van der Waals surface area contributed by atoms with Gasteiger partial charge in [0.05, 0.1) is 59.0 Å². The van der Waals surface area contributed by atoms with Gasteiger partial charge in [-0.15, -0.1) is 11.3 Å². The molecule has 0 aliphatic heterocycles. The van der Waals surface area contributed by atoms with E-state index in [4.69, 9.17) is 42.7 Å². The van der Waals surface area contributed by atoms with Crippen LogP contribution in [0, 0.1) is 0 Å². The van der Waals surface area contributed by atoms with Gasteiger partial charge in [0.25, 0.3) is 0 Å². The average molecular weight is 669 g/mol. The van der Waals surface area contributed by atoms with Crippen LogP contribution in [0.2, 0.25) is 0 Å². The highest BCUT2D eigenvalue weighted by Gasteiger charge is 2.18. The van der Waals surface area contributed by atoms with Gasteiger partial charge >= 0.3 is 0 Å². The lowest BCUT2D eigenvalue weighted by Gasteiger charge is -2.13. The van der Waals surface area contributed by atoms with Crippen LogP contribution >= 0.6 is 11.3 Å². The summed E-state index contributed by atoms with van der Waals surface area (Å²) >= 11 is 1.65. The van der Waals surface area contributed by atoms with Gasteiger partial charge in [-0.25, -0.2) is 4.98 Å². The minimum absolute atomic E-state index is 0.471. The molecule has 2 aromatic heterocycles. The van der Waals surface area contributed by atoms with Gasteiger partial charge in [-0.1, -0.05) is 17.3 Å². The Balaban J connectivity index is 1.07. The van der Waals surface area contributed by atoms with Gasteiger partial charge in [-0.2, -0.15) is 0 Å². The van der Waals surface area contributed by atoms with E-state index in [1.165, 1.54) is 0 Å². The van der Waals surface area contributed by atoms with Crippen molar-refractivity contribution in [2.24, 2.45) is 0 Å². The fraction of sp³-hybridized carbons (Fsp3) is 0.243. The number of rotatable bonds is 15. The van der Waals surface area contributed by atoms with E-state index >= 15 is 0 Å². The number of aromatic nitrogens is 2. The molecule has 0 saturated heterocycles. The molecule has 0 saturated carbocycles. The van der Waals surface area contributed by atoms with Gasteiger partial charge in [-0.05, 0) is 73.5 Å². The molecule has 0 N–H and O–H groups in total. The molecule has 6 aromatic rings. The maximum absolute atomic E-state index is 6.15. The maximum Gasteiger partial charge on any atom is 0.203 e. The molecule has 2 heterocycles. The summed E-state index contributed by atoms with van der Waals surface area (Å²) < 4.78 is 46.7. The highest BCUT2D eigenvalue weighted by Crippen LogP contribution is 2.42. The summed E-state index contributed by atoms with van der Waals surface area (Å²) in [4.78, 5) is 4.77. The predicted octanol–water partition coefficient (Wildman–Crippen LogP) is 8.57. The number of para-hydroxylation sites is 1. The van der Waals surface area contributed by atoms with Gasteiger partial charge < -0.3 is 37.7 Å². The van der Waals surface area contributed by atoms with E-state index in [2.05, 4.69) is 11.2 Å². The van der Waals surface area contributed by atoms with Crippen LogP contribution in [-0.4, -0.2) is 58.9 Å². The van der Waals surface area contributed by atoms with Gasteiger partial charge in [0.2, 0.25) is 5.75 Å². The van der Waals surface area contributed by atoms with Crippen molar-refractivity contribution in [2.75, 3.05) is 48.8 Å². The van der Waals surface area contributed by atoms with Gasteiger partial charge in [0.1, 0.15) is 10.7 Å². The van der Waals surface area contributed by atoms with E-state index in [0.29, 0.717) is 64.9 Å². The maximum atomic E-state index is 6.15. The summed E-state index contributed by atoms with van der Waals surface area (Å²) in [6, 6.07) is 25.2. The molecule has 10 nitrogen and oxygen atoms in total. The minimum Gasteiger partial charge on any atom is -0.493 e. The Kier molecular flexibility index (Phi) is 10.2. The Morgan fingerprint density at radius 1 is 0.583 bits per heavy atom. The number of ether oxygens (including phenoxy) is 7. The van der Waals surface area contributed by atoms with Crippen molar-refractivity contribution in [3.63, 3.8) is 0 Å². The summed E-state index contributed by atoms with van der Waals surface area (Å²) in [5.41, 5.74) is 4.14. The molecule has 4 aromatic carbocycles. The Hall–Kier alpha value is -5.42. The Labute approximate surface area is 282 Å². The number of nitrogens with zero attached hydrogens (tertiary/aromatic N) is 2. The lowest BCUT2D eigenvalue weighted by Crippen LogP contribution is -2.04. The van der Waals surface area contributed by atoms with Crippen molar-refractivity contribution in [2.45, 2.75) is 12.8 Å². The summed E-state index contributed by atoms with van der Waals surface area (Å²) in [6.07, 6.45) is 1.54. The van der Waals surface area contributed by atoms with Crippen LogP contribution in [0.5, 0.6) is 40.2 Å². The average Bonchev–Trinajstić information content (AvgIpc) is 3.80. The molecule has 0 fully saturated rings. The third-order valence-corrected chi connectivity index (χ3v) is 8.76. The third kappa shape index (κ3) is 6.96. The van der Waals surface area contributed by atoms with Crippen LogP contribution in [0.4, 0.5) is 0 Å². The second kappa shape index (κ2) is 15.0. The van der Waals surface area contributed by atoms with Crippen molar-refractivity contribution >= 4 is 21.6 Å². The highest BCUT2D eigenvalue weighted by atomic mass is 32.1. The molecule has 0 aliphatic rings. The smallest absolute Gasteiger partial charge is 0.203 e. The number of benzene rings is 4. The lowest BCUT2D eigenvalue weighted by atomic mass is 10.1. The van der Waals surface area contributed by atoms with Gasteiger partial charge in [0, 0.05) is 22.8 Å². The molecule has 0 atom stereocenters. The zero-order valence-corrected chi connectivity index (χ0v) is 28.2. The molecule has 0 spiro atoms. The first-order chi connectivity index (χ1) is 23.5. The van der Waals surface area contributed by atoms with Crippen molar-refractivity contribution in [1.29, 1.82) is 0 Å². The second-order valence-electron chi connectivity index (χ2n) is 10.6. The molecule has 0 aliphatic carbocycles. The van der Waals surface area contributed by atoms with Crippen LogP contribution in [-0.2, 0) is 0 Å². The van der Waals surface area contributed by atoms with E-state index in [-0.39, 0.29) is 0 Å². The number of hydrogen-bond acceptors (Lipinski definition) is 11. The highest BCUT2D eigenvalue weighted by molar-refractivity contribution is 7.21. The number of hydrogen-bond donors (Lipinski definition) is 0. The summed E-state index contributed by atoms with van der Waals surface area (Å²) in [6.45, 7) is 0.973. The second-order valence-corrected chi connectivity index (χ2v) is 11.6. The largest absolute Gasteiger partial charge is 0.493 e. The Morgan fingerprint density at radius 2 is 1.17 bits per heavy atom. The third-order valence-electron chi connectivity index (χ3n) is 7.68. The van der Waals surface area contributed by atoms with Crippen molar-refractivity contribution in [3.8, 4) is 73.4 Å². The van der Waals surface area contributed by atoms with Crippen LogP contribution in [0.3, 0.4) is 0 Å². The number of methoxy groups -OCH3 is 5. The fourth-order valence-corrected chi connectivity index (χ4v) is 6.17. The van der Waals surface area contributed by atoms with E-state index in [9.17, 15) is 0 Å². The molecule has 11 heteroatoms. The van der Waals surface area contributed by atoms with E-state index in [0.717, 1.165) is 44.8 Å². The van der Waals surface area contributed by atoms with Crippen molar-refractivity contribution in [1.82, 2.24) is 10.1 Å². The monoisotopic (exact) mass is 668 g/mol. The molecule has 0 radical (unpaired) electrons. The first-order valence-electron chi connectivity index (χ1n) is 15.3. The molecule has 0 unspecified atom stereocenters. The number of unbranched alkanes of at least 4 members (excludes halogenated alkanes) is 1. The van der Waals surface area contributed by atoms with Crippen LogP contribution in [0.1, 0.15) is 12.8 Å². The fourth-order valence-electron chi connectivity index (χ4n) is 5.21. The molecular formula is C37H36N2O8S. The van der Waals surface area contributed by atoms with E-state index in [1.807, 2.05) is 72.8 Å². The predicted molar refractivity (Wildman–Crippen MR) is 185 cm³/mol. The Morgan fingerprint density at radius 3 is 1.77 bits per heavy atom. The first-order valence-corrected chi connectivity index (χ1v) is 16.1. The summed E-state index contributed by atoms with van der Waals surface area (Å²) in [7, 11) is 7.96. The lowest BCUT2D eigenvalue weighted by molar-refractivity contribution is 0.252. The zero-order valence-electron chi connectivity index (χ0n) is 27.4.